The molecule has 0 saturated carbocycles. The van der Waals surface area contributed by atoms with Crippen molar-refractivity contribution >= 4 is 27.9 Å². The number of carboxylic acid groups (broad SMARTS) is 3. The van der Waals surface area contributed by atoms with E-state index in [9.17, 15) is 56.7 Å². The Morgan fingerprint density at radius 3 is 1.65 bits per heavy atom. The average molecular weight is 796 g/mol. The highest BCUT2D eigenvalue weighted by molar-refractivity contribution is 7.91. The highest BCUT2D eigenvalue weighted by atomic mass is 32.2. The van der Waals surface area contributed by atoms with Gasteiger partial charge >= 0.3 is 36.4 Å². The number of aliphatic carboxylic acids is 3. The van der Waals surface area contributed by atoms with E-state index in [0.29, 0.717) is 26.1 Å². The molecule has 25 heteroatoms. The molecule has 0 amide bonds. The van der Waals surface area contributed by atoms with Gasteiger partial charge in [0, 0.05) is 49.0 Å². The Balaban J connectivity index is 0.000000525. The third kappa shape index (κ3) is 12.5. The molecule has 13 nitrogen and oxygen atoms in total. The van der Waals surface area contributed by atoms with Gasteiger partial charge in [-0.25, -0.2) is 31.6 Å². The van der Waals surface area contributed by atoms with Crippen LogP contribution in [0.4, 0.5) is 48.3 Å². The second-order valence-corrected chi connectivity index (χ2v) is 14.6. The number of hydrogen-bond donors (Lipinski definition) is 4. The number of nitrogens with zero attached hydrogens (tertiary/aromatic N) is 4. The molecule has 52 heavy (non-hydrogen) atoms. The maximum Gasteiger partial charge on any atom is 0.490 e. The van der Waals surface area contributed by atoms with Gasteiger partial charge in [-0.1, -0.05) is 0 Å². The number of hydrogen-bond acceptors (Lipinski definition) is 9. The molecule has 0 aliphatic carbocycles. The second kappa shape index (κ2) is 16.7. The monoisotopic (exact) mass is 795 g/mol. The molecule has 1 fully saturated rings. The number of likely N-dealkylation sites (tertiary alicyclic amines) is 1. The van der Waals surface area contributed by atoms with Gasteiger partial charge in [0.1, 0.15) is 11.6 Å². The van der Waals surface area contributed by atoms with Crippen molar-refractivity contribution in [1.29, 1.82) is 0 Å². The van der Waals surface area contributed by atoms with Gasteiger partial charge in [-0.3, -0.25) is 9.80 Å². The molecule has 1 saturated heterocycles. The summed E-state index contributed by atoms with van der Waals surface area (Å²) >= 11 is 0. The summed E-state index contributed by atoms with van der Waals surface area (Å²) in [6, 6.07) is 2.81. The molecule has 0 bridgehead atoms. The second-order valence-electron chi connectivity index (χ2n) is 12.0. The Labute approximate surface area is 287 Å². The van der Waals surface area contributed by atoms with E-state index in [0.717, 1.165) is 27.5 Å². The third-order valence-electron chi connectivity index (χ3n) is 7.05. The molecule has 296 valence electrons. The van der Waals surface area contributed by atoms with Crippen molar-refractivity contribution in [3.8, 4) is 0 Å². The van der Waals surface area contributed by atoms with E-state index < -0.39 is 68.9 Å². The van der Waals surface area contributed by atoms with E-state index in [2.05, 4.69) is 10.00 Å². The zero-order valence-electron chi connectivity index (χ0n) is 27.2. The summed E-state index contributed by atoms with van der Waals surface area (Å²) in [6.07, 6.45) is -13.0. The maximum absolute atomic E-state index is 14.3. The highest BCUT2D eigenvalue weighted by Gasteiger charge is 2.41. The Morgan fingerprint density at radius 1 is 0.846 bits per heavy atom. The number of halogens is 11. The van der Waals surface area contributed by atoms with Crippen molar-refractivity contribution in [2.75, 3.05) is 13.6 Å². The fourth-order valence-electron chi connectivity index (χ4n) is 4.58. The lowest BCUT2D eigenvalue weighted by Crippen LogP contribution is -2.54. The van der Waals surface area contributed by atoms with Gasteiger partial charge in [0.05, 0.1) is 16.5 Å². The Bertz CT molecular complexity index is 1600. The number of benzene rings is 1. The van der Waals surface area contributed by atoms with Crippen LogP contribution in [0.2, 0.25) is 0 Å². The molecule has 0 unspecified atom stereocenters. The molecule has 0 spiro atoms. The smallest absolute Gasteiger partial charge is 0.475 e. The van der Waals surface area contributed by atoms with E-state index >= 15 is 0 Å². The van der Waals surface area contributed by atoms with Gasteiger partial charge in [-0.05, 0) is 52.4 Å². The summed E-state index contributed by atoms with van der Waals surface area (Å²) in [4.78, 5) is 30.9. The van der Waals surface area contributed by atoms with Crippen LogP contribution in [0.15, 0.2) is 24.4 Å². The van der Waals surface area contributed by atoms with Crippen molar-refractivity contribution in [2.45, 2.75) is 81.7 Å². The van der Waals surface area contributed by atoms with Crippen LogP contribution >= 0.6 is 0 Å². The predicted molar refractivity (Wildman–Crippen MR) is 155 cm³/mol. The van der Waals surface area contributed by atoms with E-state index in [4.69, 9.17) is 35.4 Å². The largest absolute Gasteiger partial charge is 0.490 e. The lowest BCUT2D eigenvalue weighted by Gasteiger charge is -2.44. The van der Waals surface area contributed by atoms with E-state index in [1.165, 1.54) is 6.07 Å². The number of piperidine rings is 1. The number of carboxylic acids is 3. The molecule has 3 heterocycles. The summed E-state index contributed by atoms with van der Waals surface area (Å²) < 4.78 is 149. The molecule has 0 radical (unpaired) electrons. The lowest BCUT2D eigenvalue weighted by atomic mass is 9.88. The van der Waals surface area contributed by atoms with Gasteiger partial charge in [-0.15, -0.1) is 0 Å². The first-order valence-corrected chi connectivity index (χ1v) is 15.5. The minimum Gasteiger partial charge on any atom is -0.475 e. The number of aromatic nitrogens is 2. The molecule has 3 atom stereocenters. The summed E-state index contributed by atoms with van der Waals surface area (Å²) in [5.41, 5.74) is 8.35. The van der Waals surface area contributed by atoms with Crippen LogP contribution in [0.1, 0.15) is 50.1 Å². The van der Waals surface area contributed by atoms with Crippen LogP contribution in [-0.4, -0.2) is 110 Å². The number of alkyl halides is 9. The Kier molecular flexibility index (Phi) is 14.8. The van der Waals surface area contributed by atoms with Crippen molar-refractivity contribution in [2.24, 2.45) is 5.73 Å². The van der Waals surface area contributed by atoms with Gasteiger partial charge in [-0.2, -0.15) is 48.7 Å². The molecule has 2 aromatic rings. The molecule has 1 aromatic carbocycles. The summed E-state index contributed by atoms with van der Waals surface area (Å²) in [7, 11) is -1.70. The van der Waals surface area contributed by atoms with Crippen molar-refractivity contribution < 1.29 is 86.4 Å². The topological polar surface area (TPSA) is 196 Å². The van der Waals surface area contributed by atoms with Crippen LogP contribution in [0.25, 0.3) is 0 Å². The van der Waals surface area contributed by atoms with E-state index in [1.54, 1.807) is 27.0 Å². The highest BCUT2D eigenvalue weighted by Crippen LogP contribution is 2.35. The van der Waals surface area contributed by atoms with Crippen LogP contribution in [-0.2, 0) is 37.5 Å². The Morgan fingerprint density at radius 2 is 1.29 bits per heavy atom. The molecular weight excluding hydrogens is 763 g/mol. The number of carbonyl (C=O) groups is 3. The van der Waals surface area contributed by atoms with Crippen molar-refractivity contribution in [1.82, 2.24) is 19.0 Å². The van der Waals surface area contributed by atoms with Crippen LogP contribution in [0.5, 0.6) is 0 Å². The number of fused-ring (bicyclic) bond motifs is 1. The molecule has 2 aliphatic rings. The summed E-state index contributed by atoms with van der Waals surface area (Å²) in [5.74, 6) is -9.21. The molecule has 4 rings (SSSR count). The standard InChI is InChI=1S/C21H29F2N5O2S.3C2HF3O2/c1-21(2,3)31(29,30)28-10-13-9-27(12-19(13)25-28)15-8-18(24)20(26(4)11-15)16-7-14(22)5-6-17(16)23;3*3-2(4,5)1(6)7/h5-7,10,15,18,20H,8-9,11-12,24H2,1-4H3;3*(H,6,7)/t15-,18+,20-;;;/m1.../s1. The normalized spacial score (nSPS) is 19.9. The van der Waals surface area contributed by atoms with Crippen LogP contribution < -0.4 is 5.73 Å². The predicted octanol–water partition coefficient (Wildman–Crippen LogP) is 4.13. The lowest BCUT2D eigenvalue weighted by molar-refractivity contribution is -0.193. The van der Waals surface area contributed by atoms with Gasteiger partial charge in [0.2, 0.25) is 0 Å². The SMILES string of the molecule is CN1C[C@H](N2Cc3cn(S(=O)(=O)C(C)(C)C)nc3C2)C[C@H](N)[C@H]1c1cc(F)ccc1F.O=C(O)C(F)(F)F.O=C(O)C(F)(F)F.O=C(O)C(F)(F)F. The number of nitrogens with two attached hydrogens (primary N) is 1. The minimum absolute atomic E-state index is 0.106. The quantitative estimate of drug-likeness (QED) is 0.325. The maximum atomic E-state index is 14.3. The zero-order chi connectivity index (χ0) is 40.9. The zero-order valence-corrected chi connectivity index (χ0v) is 28.0. The summed E-state index contributed by atoms with van der Waals surface area (Å²) in [5, 5.41) is 25.7. The first-order valence-electron chi connectivity index (χ1n) is 14.1. The fourth-order valence-corrected chi connectivity index (χ4v) is 5.61. The number of rotatable bonds is 3. The van der Waals surface area contributed by atoms with Crippen LogP contribution in [0, 0.1) is 11.6 Å². The van der Waals surface area contributed by atoms with E-state index in [-0.39, 0.29) is 17.6 Å². The van der Waals surface area contributed by atoms with Gasteiger partial charge in [0.25, 0.3) is 10.0 Å². The molecule has 5 N–H and O–H groups in total. The number of likely N-dealkylation sites (N-methyl/N-ethyl adjacent to an activating group) is 1. The summed E-state index contributed by atoms with van der Waals surface area (Å²) in [6.45, 7) is 6.71. The molecule has 2 aliphatic heterocycles. The van der Waals surface area contributed by atoms with Crippen molar-refractivity contribution in [3.05, 3.63) is 52.9 Å². The van der Waals surface area contributed by atoms with E-state index in [1.807, 2.05) is 11.9 Å². The third-order valence-corrected chi connectivity index (χ3v) is 9.27. The molecular formula is C27H32F11N5O8S. The van der Waals surface area contributed by atoms with Gasteiger partial charge < -0.3 is 21.1 Å². The van der Waals surface area contributed by atoms with Crippen LogP contribution in [0.3, 0.4) is 0 Å². The fraction of sp³-hybridized carbons (Fsp3) is 0.556. The minimum atomic E-state index is -5.08. The van der Waals surface area contributed by atoms with Crippen molar-refractivity contribution in [3.63, 3.8) is 0 Å². The molecule has 1 aromatic heterocycles. The Hall–Kier alpha value is -4.10. The average Bonchev–Trinajstić information content (AvgIpc) is 3.54. The first-order chi connectivity index (χ1) is 23.2. The van der Waals surface area contributed by atoms with Gasteiger partial charge in [0.15, 0.2) is 0 Å². The first kappa shape index (κ1) is 45.9.